The summed E-state index contributed by atoms with van der Waals surface area (Å²) in [5.74, 6) is 6.03. The van der Waals surface area contributed by atoms with Crippen molar-refractivity contribution >= 4 is 0 Å². The van der Waals surface area contributed by atoms with Gasteiger partial charge in [-0.15, -0.1) is 6.42 Å². The summed E-state index contributed by atoms with van der Waals surface area (Å²) in [6.07, 6.45) is 17.6. The molecule has 4 fully saturated rings. The van der Waals surface area contributed by atoms with Crippen molar-refractivity contribution in [2.75, 3.05) is 0 Å². The Balaban J connectivity index is 1.45. The molecule has 8 unspecified atom stereocenters. The standard InChI is InChI=1S/C21H28O2/c1-3-19-21(23-19)11-9-16-15-5-4-13-12-14(22)8-10-20(13,2)17(15)6-7-18(16)21/h1,4,14-19,22H,5-12H2,2H3. The van der Waals surface area contributed by atoms with Crippen molar-refractivity contribution in [1.82, 2.24) is 0 Å². The smallest absolute Gasteiger partial charge is 0.148 e. The Kier molecular flexibility index (Phi) is 2.94. The van der Waals surface area contributed by atoms with Crippen molar-refractivity contribution in [2.24, 2.45) is 29.1 Å². The largest absolute Gasteiger partial charge is 0.393 e. The number of aliphatic hydroxyl groups is 1. The molecule has 0 aromatic rings. The van der Waals surface area contributed by atoms with Gasteiger partial charge < -0.3 is 9.84 Å². The number of fused-ring (bicyclic) bond motifs is 6. The van der Waals surface area contributed by atoms with E-state index in [-0.39, 0.29) is 17.8 Å². The molecular weight excluding hydrogens is 284 g/mol. The Hall–Kier alpha value is -0.780. The summed E-state index contributed by atoms with van der Waals surface area (Å²) >= 11 is 0. The lowest BCUT2D eigenvalue weighted by Crippen LogP contribution is -2.48. The Labute approximate surface area is 139 Å². The van der Waals surface area contributed by atoms with Gasteiger partial charge in [0, 0.05) is 0 Å². The molecule has 5 rings (SSSR count). The van der Waals surface area contributed by atoms with Gasteiger partial charge in [-0.2, -0.15) is 0 Å². The van der Waals surface area contributed by atoms with Gasteiger partial charge in [-0.3, -0.25) is 0 Å². The molecular formula is C21H28O2. The van der Waals surface area contributed by atoms with E-state index in [1.807, 2.05) is 0 Å². The second-order valence-corrected chi connectivity index (χ2v) is 9.06. The third kappa shape index (κ3) is 1.79. The highest BCUT2D eigenvalue weighted by atomic mass is 16.6. The number of aliphatic hydroxyl groups excluding tert-OH is 1. The van der Waals surface area contributed by atoms with Crippen LogP contribution in [0.25, 0.3) is 0 Å². The molecule has 1 spiro atoms. The molecule has 5 aliphatic rings. The minimum absolute atomic E-state index is 0.0675. The molecule has 0 aromatic heterocycles. The first-order valence-electron chi connectivity index (χ1n) is 9.60. The van der Waals surface area contributed by atoms with Crippen LogP contribution in [0.4, 0.5) is 0 Å². The number of hydrogen-bond donors (Lipinski definition) is 1. The number of hydrogen-bond acceptors (Lipinski definition) is 2. The Bertz CT molecular complexity index is 601. The van der Waals surface area contributed by atoms with Gasteiger partial charge in [0.1, 0.15) is 11.7 Å². The summed E-state index contributed by atoms with van der Waals surface area (Å²) in [5.41, 5.74) is 1.98. The zero-order valence-electron chi connectivity index (χ0n) is 14.1. The first-order chi connectivity index (χ1) is 11.1. The van der Waals surface area contributed by atoms with Gasteiger partial charge in [0.15, 0.2) is 0 Å². The number of terminal acetylenes is 1. The van der Waals surface area contributed by atoms with Crippen LogP contribution < -0.4 is 0 Å². The molecule has 1 saturated heterocycles. The van der Waals surface area contributed by atoms with E-state index in [1.165, 1.54) is 38.5 Å². The first-order valence-corrected chi connectivity index (χ1v) is 9.60. The second-order valence-electron chi connectivity index (χ2n) is 9.06. The number of epoxide rings is 1. The van der Waals surface area contributed by atoms with Crippen LogP contribution in [0.5, 0.6) is 0 Å². The van der Waals surface area contributed by atoms with Gasteiger partial charge in [-0.1, -0.05) is 24.5 Å². The van der Waals surface area contributed by atoms with E-state index in [0.29, 0.717) is 11.3 Å². The maximum atomic E-state index is 10.1. The van der Waals surface area contributed by atoms with E-state index in [1.54, 1.807) is 5.57 Å². The van der Waals surface area contributed by atoms with Crippen LogP contribution in [0.1, 0.15) is 58.3 Å². The Morgan fingerprint density at radius 3 is 2.78 bits per heavy atom. The van der Waals surface area contributed by atoms with Gasteiger partial charge in [0.25, 0.3) is 0 Å². The molecule has 124 valence electrons. The van der Waals surface area contributed by atoms with Crippen LogP contribution in [0, 0.1) is 41.4 Å². The summed E-state index contributed by atoms with van der Waals surface area (Å²) in [4.78, 5) is 0. The molecule has 1 N–H and O–H groups in total. The molecule has 0 radical (unpaired) electrons. The van der Waals surface area contributed by atoms with Crippen molar-refractivity contribution in [2.45, 2.75) is 76.1 Å². The number of ether oxygens (including phenoxy) is 1. The minimum Gasteiger partial charge on any atom is -0.393 e. The molecule has 1 aliphatic heterocycles. The average molecular weight is 312 g/mol. The Morgan fingerprint density at radius 1 is 1.17 bits per heavy atom. The van der Waals surface area contributed by atoms with Crippen molar-refractivity contribution < 1.29 is 9.84 Å². The van der Waals surface area contributed by atoms with Gasteiger partial charge >= 0.3 is 0 Å². The highest BCUT2D eigenvalue weighted by molar-refractivity contribution is 5.28. The number of allylic oxidation sites excluding steroid dienone is 1. The van der Waals surface area contributed by atoms with Crippen molar-refractivity contribution in [1.29, 1.82) is 0 Å². The molecule has 0 amide bonds. The summed E-state index contributed by atoms with van der Waals surface area (Å²) in [6, 6.07) is 0. The predicted octanol–water partition coefficient (Wildman–Crippen LogP) is 3.69. The zero-order chi connectivity index (χ0) is 15.8. The highest BCUT2D eigenvalue weighted by Crippen LogP contribution is 2.66. The van der Waals surface area contributed by atoms with E-state index in [9.17, 15) is 5.11 Å². The van der Waals surface area contributed by atoms with Gasteiger partial charge in [0.2, 0.25) is 0 Å². The van der Waals surface area contributed by atoms with E-state index in [4.69, 9.17) is 11.2 Å². The predicted molar refractivity (Wildman–Crippen MR) is 89.5 cm³/mol. The van der Waals surface area contributed by atoms with Crippen LogP contribution in [-0.4, -0.2) is 22.9 Å². The molecule has 2 nitrogen and oxygen atoms in total. The monoisotopic (exact) mass is 312 g/mol. The zero-order valence-corrected chi connectivity index (χ0v) is 14.1. The molecule has 4 aliphatic carbocycles. The van der Waals surface area contributed by atoms with Crippen LogP contribution in [0.2, 0.25) is 0 Å². The second kappa shape index (κ2) is 4.64. The van der Waals surface area contributed by atoms with Crippen molar-refractivity contribution in [3.63, 3.8) is 0 Å². The average Bonchev–Trinajstić information content (AvgIpc) is 3.15. The van der Waals surface area contributed by atoms with E-state index < -0.39 is 0 Å². The summed E-state index contributed by atoms with van der Waals surface area (Å²) < 4.78 is 6.03. The normalized spacial score (nSPS) is 57.0. The quantitative estimate of drug-likeness (QED) is 0.420. The van der Waals surface area contributed by atoms with E-state index >= 15 is 0 Å². The highest BCUT2D eigenvalue weighted by Gasteiger charge is 2.68. The SMILES string of the molecule is C#CC1OC12CCC1C3CC=C4CC(O)CCC4(C)C3CCC12. The minimum atomic E-state index is -0.104. The van der Waals surface area contributed by atoms with Gasteiger partial charge in [-0.25, -0.2) is 0 Å². The van der Waals surface area contributed by atoms with Crippen molar-refractivity contribution in [3.8, 4) is 12.3 Å². The molecule has 0 aromatic carbocycles. The van der Waals surface area contributed by atoms with Crippen LogP contribution in [0.3, 0.4) is 0 Å². The lowest BCUT2D eigenvalue weighted by atomic mass is 9.50. The number of rotatable bonds is 0. The summed E-state index contributed by atoms with van der Waals surface area (Å²) in [7, 11) is 0. The van der Waals surface area contributed by atoms with Crippen LogP contribution in [0.15, 0.2) is 11.6 Å². The lowest BCUT2D eigenvalue weighted by molar-refractivity contribution is -0.0145. The van der Waals surface area contributed by atoms with Crippen LogP contribution in [-0.2, 0) is 4.74 Å². The summed E-state index contributed by atoms with van der Waals surface area (Å²) in [5, 5.41) is 10.1. The lowest BCUT2D eigenvalue weighted by Gasteiger charge is -2.55. The summed E-state index contributed by atoms with van der Waals surface area (Å²) in [6.45, 7) is 2.49. The maximum absolute atomic E-state index is 10.1. The first kappa shape index (κ1) is 14.6. The van der Waals surface area contributed by atoms with Crippen LogP contribution >= 0.6 is 0 Å². The van der Waals surface area contributed by atoms with E-state index in [2.05, 4.69) is 18.9 Å². The molecule has 23 heavy (non-hydrogen) atoms. The molecule has 8 atom stereocenters. The van der Waals surface area contributed by atoms with Gasteiger partial charge in [0.05, 0.1) is 6.10 Å². The fraction of sp³-hybridized carbons (Fsp3) is 0.810. The fourth-order valence-electron chi connectivity index (χ4n) is 7.18. The van der Waals surface area contributed by atoms with Gasteiger partial charge in [-0.05, 0) is 80.5 Å². The molecule has 0 bridgehead atoms. The molecule has 2 heteroatoms. The topological polar surface area (TPSA) is 32.8 Å². The fourth-order valence-corrected chi connectivity index (χ4v) is 7.18. The molecule has 1 heterocycles. The third-order valence-electron chi connectivity index (χ3n) is 8.38. The Morgan fingerprint density at radius 2 is 2.00 bits per heavy atom. The third-order valence-corrected chi connectivity index (χ3v) is 8.38. The maximum Gasteiger partial charge on any atom is 0.148 e. The van der Waals surface area contributed by atoms with E-state index in [0.717, 1.165) is 30.6 Å². The molecule has 3 saturated carbocycles. The van der Waals surface area contributed by atoms with Crippen molar-refractivity contribution in [3.05, 3.63) is 11.6 Å².